The third-order valence-corrected chi connectivity index (χ3v) is 5.05. The molecule has 0 aromatic heterocycles. The smallest absolute Gasteiger partial charge is 0.251 e. The van der Waals surface area contributed by atoms with Crippen LogP contribution in [0, 0.1) is 5.82 Å². The van der Waals surface area contributed by atoms with Crippen molar-refractivity contribution in [1.82, 2.24) is 10.2 Å². The number of likely N-dealkylation sites (tertiary alicyclic amines) is 1. The van der Waals surface area contributed by atoms with Gasteiger partial charge in [0.15, 0.2) is 0 Å². The molecule has 0 bridgehead atoms. The number of nitrogens with one attached hydrogen (secondary N) is 2. The number of carbonyl (C=O) groups is 2. The van der Waals surface area contributed by atoms with Crippen molar-refractivity contribution in [3.8, 4) is 0 Å². The Morgan fingerprint density at radius 3 is 2.61 bits per heavy atom. The zero-order valence-corrected chi connectivity index (χ0v) is 16.4. The highest BCUT2D eigenvalue weighted by Crippen LogP contribution is 2.26. The molecule has 3 rings (SSSR count). The second-order valence-electron chi connectivity index (χ2n) is 6.90. The number of hydrogen-bond acceptors (Lipinski definition) is 3. The fourth-order valence-electron chi connectivity index (χ4n) is 3.47. The number of amides is 2. The summed E-state index contributed by atoms with van der Waals surface area (Å²) in [6.45, 7) is 3.64. The number of rotatable bonds is 6. The molecule has 1 aliphatic heterocycles. The van der Waals surface area contributed by atoms with Crippen LogP contribution in [0.4, 0.5) is 10.1 Å². The van der Waals surface area contributed by atoms with Crippen LogP contribution in [0.3, 0.4) is 0 Å². The maximum Gasteiger partial charge on any atom is 0.251 e. The first kappa shape index (κ1) is 20.3. The Morgan fingerprint density at radius 2 is 1.93 bits per heavy atom. The van der Waals surface area contributed by atoms with E-state index >= 15 is 0 Å². The molecule has 2 aromatic carbocycles. The highest BCUT2D eigenvalue weighted by atomic mass is 35.5. The lowest BCUT2D eigenvalue weighted by Gasteiger charge is -2.28. The van der Waals surface area contributed by atoms with Gasteiger partial charge in [0.25, 0.3) is 5.91 Å². The molecule has 0 radical (unpaired) electrons. The van der Waals surface area contributed by atoms with Crippen LogP contribution >= 0.6 is 11.6 Å². The Morgan fingerprint density at radius 1 is 1.18 bits per heavy atom. The third kappa shape index (κ3) is 5.09. The normalized spacial score (nSPS) is 15.2. The predicted octanol–water partition coefficient (Wildman–Crippen LogP) is 4.00. The molecule has 1 fully saturated rings. The Bertz CT molecular complexity index is 868. The minimum absolute atomic E-state index is 0.00826. The number of hydrogen-bond donors (Lipinski definition) is 2. The van der Waals surface area contributed by atoms with Crippen molar-refractivity contribution in [2.24, 2.45) is 0 Å². The Hall–Kier alpha value is -2.44. The van der Waals surface area contributed by atoms with E-state index in [1.54, 1.807) is 0 Å². The summed E-state index contributed by atoms with van der Waals surface area (Å²) in [4.78, 5) is 26.2. The molecule has 0 saturated carbocycles. The zero-order chi connectivity index (χ0) is 20.1. The molecule has 2 amide bonds. The summed E-state index contributed by atoms with van der Waals surface area (Å²) < 4.78 is 13.8. The molecule has 1 unspecified atom stereocenters. The summed E-state index contributed by atoms with van der Waals surface area (Å²) in [6.07, 6.45) is 2.26. The summed E-state index contributed by atoms with van der Waals surface area (Å²) in [7, 11) is 0. The van der Waals surface area contributed by atoms with Gasteiger partial charge in [0.2, 0.25) is 5.91 Å². The molecule has 1 atom stereocenters. The summed E-state index contributed by atoms with van der Waals surface area (Å²) >= 11 is 6.15. The van der Waals surface area contributed by atoms with E-state index in [1.807, 2.05) is 24.3 Å². The summed E-state index contributed by atoms with van der Waals surface area (Å²) in [5.41, 5.74) is 1.33. The van der Waals surface area contributed by atoms with E-state index in [2.05, 4.69) is 15.5 Å². The SMILES string of the molecule is CC(=O)Nc1cc(C(=O)NCC(c2cccc(Cl)c2)N2CCCC2)ccc1F. The molecule has 2 aromatic rings. The largest absolute Gasteiger partial charge is 0.350 e. The van der Waals surface area contributed by atoms with Crippen LogP contribution < -0.4 is 10.6 Å². The summed E-state index contributed by atoms with van der Waals surface area (Å²) in [6, 6.07) is 11.6. The van der Waals surface area contributed by atoms with Crippen LogP contribution in [0.5, 0.6) is 0 Å². The number of nitrogens with zero attached hydrogens (tertiary/aromatic N) is 1. The van der Waals surface area contributed by atoms with E-state index in [1.165, 1.54) is 25.1 Å². The predicted molar refractivity (Wildman–Crippen MR) is 108 cm³/mol. The van der Waals surface area contributed by atoms with Crippen LogP contribution in [0.2, 0.25) is 5.02 Å². The first-order valence-electron chi connectivity index (χ1n) is 9.29. The van der Waals surface area contributed by atoms with Gasteiger partial charge >= 0.3 is 0 Å². The monoisotopic (exact) mass is 403 g/mol. The minimum Gasteiger partial charge on any atom is -0.350 e. The zero-order valence-electron chi connectivity index (χ0n) is 15.7. The van der Waals surface area contributed by atoms with Crippen LogP contribution in [-0.4, -0.2) is 36.3 Å². The van der Waals surface area contributed by atoms with Crippen molar-refractivity contribution in [1.29, 1.82) is 0 Å². The average Bonchev–Trinajstić information content (AvgIpc) is 3.17. The fraction of sp³-hybridized carbons (Fsp3) is 0.333. The van der Waals surface area contributed by atoms with Gasteiger partial charge in [-0.2, -0.15) is 0 Å². The molecule has 28 heavy (non-hydrogen) atoms. The molecule has 2 N–H and O–H groups in total. The lowest BCUT2D eigenvalue weighted by molar-refractivity contribution is -0.114. The summed E-state index contributed by atoms with van der Waals surface area (Å²) in [5.74, 6) is -1.30. The molecule has 1 saturated heterocycles. The molecule has 5 nitrogen and oxygen atoms in total. The fourth-order valence-corrected chi connectivity index (χ4v) is 3.67. The van der Waals surface area contributed by atoms with Crippen molar-refractivity contribution in [2.45, 2.75) is 25.8 Å². The molecule has 0 spiro atoms. The van der Waals surface area contributed by atoms with E-state index in [0.29, 0.717) is 11.6 Å². The first-order chi connectivity index (χ1) is 13.4. The molecular formula is C21H23ClFN3O2. The minimum atomic E-state index is -0.583. The Kier molecular flexibility index (Phi) is 6.65. The molecule has 7 heteroatoms. The number of benzene rings is 2. The summed E-state index contributed by atoms with van der Waals surface area (Å²) in [5, 5.41) is 5.99. The van der Waals surface area contributed by atoms with E-state index in [0.717, 1.165) is 31.5 Å². The van der Waals surface area contributed by atoms with Gasteiger partial charge < -0.3 is 10.6 Å². The van der Waals surface area contributed by atoms with E-state index in [4.69, 9.17) is 11.6 Å². The number of anilines is 1. The second kappa shape index (κ2) is 9.17. The van der Waals surface area contributed by atoms with Gasteiger partial charge in [-0.1, -0.05) is 23.7 Å². The van der Waals surface area contributed by atoms with E-state index < -0.39 is 11.7 Å². The van der Waals surface area contributed by atoms with Crippen molar-refractivity contribution >= 4 is 29.1 Å². The van der Waals surface area contributed by atoms with E-state index in [-0.39, 0.29) is 23.2 Å². The molecular weight excluding hydrogens is 381 g/mol. The maximum absolute atomic E-state index is 13.8. The quantitative estimate of drug-likeness (QED) is 0.766. The topological polar surface area (TPSA) is 61.4 Å². The molecule has 0 aliphatic carbocycles. The van der Waals surface area contributed by atoms with Gasteiger partial charge in [-0.25, -0.2) is 4.39 Å². The number of carbonyl (C=O) groups excluding carboxylic acids is 2. The highest BCUT2D eigenvalue weighted by Gasteiger charge is 2.24. The van der Waals surface area contributed by atoms with Gasteiger partial charge in [-0.05, 0) is 61.8 Å². The van der Waals surface area contributed by atoms with Crippen molar-refractivity contribution in [3.63, 3.8) is 0 Å². The van der Waals surface area contributed by atoms with Crippen molar-refractivity contribution in [2.75, 3.05) is 25.0 Å². The van der Waals surface area contributed by atoms with Crippen LogP contribution in [0.15, 0.2) is 42.5 Å². The first-order valence-corrected chi connectivity index (χ1v) is 9.66. The van der Waals surface area contributed by atoms with Crippen LogP contribution in [0.25, 0.3) is 0 Å². The lowest BCUT2D eigenvalue weighted by atomic mass is 10.1. The molecule has 1 heterocycles. The van der Waals surface area contributed by atoms with Crippen LogP contribution in [-0.2, 0) is 4.79 Å². The van der Waals surface area contributed by atoms with Gasteiger partial charge in [0.1, 0.15) is 5.82 Å². The Labute approximate surface area is 168 Å². The lowest BCUT2D eigenvalue weighted by Crippen LogP contribution is -2.36. The van der Waals surface area contributed by atoms with Gasteiger partial charge in [-0.3, -0.25) is 14.5 Å². The van der Waals surface area contributed by atoms with E-state index in [9.17, 15) is 14.0 Å². The molecule has 1 aliphatic rings. The number of halogens is 2. The highest BCUT2D eigenvalue weighted by molar-refractivity contribution is 6.30. The maximum atomic E-state index is 13.8. The third-order valence-electron chi connectivity index (χ3n) is 4.81. The van der Waals surface area contributed by atoms with Gasteiger partial charge in [-0.15, -0.1) is 0 Å². The van der Waals surface area contributed by atoms with Crippen molar-refractivity contribution in [3.05, 3.63) is 64.4 Å². The van der Waals surface area contributed by atoms with Crippen LogP contribution in [0.1, 0.15) is 41.7 Å². The standard InChI is InChI=1S/C21H23ClFN3O2/c1-14(27)25-19-12-16(7-8-18(19)23)21(28)24-13-20(26-9-2-3-10-26)15-5-4-6-17(22)11-15/h4-8,11-12,20H,2-3,9-10,13H2,1H3,(H,24,28)(H,25,27). The van der Waals surface area contributed by atoms with Crippen molar-refractivity contribution < 1.29 is 14.0 Å². The molecule has 148 valence electrons. The Balaban J connectivity index is 1.74. The second-order valence-corrected chi connectivity index (χ2v) is 7.34. The van der Waals surface area contributed by atoms with Gasteiger partial charge in [0.05, 0.1) is 11.7 Å². The van der Waals surface area contributed by atoms with Gasteiger partial charge in [0, 0.05) is 24.1 Å². The average molecular weight is 404 g/mol.